The van der Waals surface area contributed by atoms with Gasteiger partial charge in [-0.05, 0) is 42.2 Å². The van der Waals surface area contributed by atoms with Crippen LogP contribution in [0.1, 0.15) is 12.0 Å². The van der Waals surface area contributed by atoms with Gasteiger partial charge in [-0.2, -0.15) is 13.2 Å². The van der Waals surface area contributed by atoms with Gasteiger partial charge in [0.05, 0.1) is 24.1 Å². The van der Waals surface area contributed by atoms with Crippen molar-refractivity contribution in [1.82, 2.24) is 4.90 Å². The van der Waals surface area contributed by atoms with Gasteiger partial charge in [0.25, 0.3) is 0 Å². The second-order valence-electron chi connectivity index (χ2n) is 7.64. The van der Waals surface area contributed by atoms with Crippen LogP contribution in [0.5, 0.6) is 0 Å². The Morgan fingerprint density at radius 1 is 1.00 bits per heavy atom. The summed E-state index contributed by atoms with van der Waals surface area (Å²) in [5, 5.41) is 2.65. The van der Waals surface area contributed by atoms with Crippen molar-refractivity contribution >= 4 is 17.5 Å². The first-order valence-corrected chi connectivity index (χ1v) is 8.81. The van der Waals surface area contributed by atoms with Crippen LogP contribution >= 0.6 is 0 Å². The fraction of sp³-hybridized carbons (Fsp3) is 0.474. The van der Waals surface area contributed by atoms with Gasteiger partial charge < -0.3 is 5.32 Å². The topological polar surface area (TPSA) is 49.4 Å². The van der Waals surface area contributed by atoms with Crippen molar-refractivity contribution < 1.29 is 22.8 Å². The molecule has 2 saturated carbocycles. The molecule has 26 heavy (non-hydrogen) atoms. The first-order chi connectivity index (χ1) is 12.4. The van der Waals surface area contributed by atoms with Crippen LogP contribution in [-0.2, 0) is 15.8 Å². The van der Waals surface area contributed by atoms with E-state index < -0.39 is 11.7 Å². The molecule has 2 bridgehead atoms. The van der Waals surface area contributed by atoms with Crippen LogP contribution < -0.4 is 5.32 Å². The number of hydrogen-bond donors (Lipinski definition) is 1. The predicted molar refractivity (Wildman–Crippen MR) is 86.5 cm³/mol. The summed E-state index contributed by atoms with van der Waals surface area (Å²) in [4.78, 5) is 26.7. The van der Waals surface area contributed by atoms with E-state index in [-0.39, 0.29) is 47.8 Å². The van der Waals surface area contributed by atoms with Crippen molar-refractivity contribution in [3.8, 4) is 0 Å². The summed E-state index contributed by atoms with van der Waals surface area (Å²) in [7, 11) is 0. The molecule has 0 spiro atoms. The summed E-state index contributed by atoms with van der Waals surface area (Å²) in [6.45, 7) is -0.230. The van der Waals surface area contributed by atoms with E-state index in [1.165, 1.54) is 18.2 Å². The molecular weight excluding hydrogens is 345 g/mol. The van der Waals surface area contributed by atoms with E-state index in [9.17, 15) is 22.8 Å². The quantitative estimate of drug-likeness (QED) is 0.664. The summed E-state index contributed by atoms with van der Waals surface area (Å²) >= 11 is 0. The van der Waals surface area contributed by atoms with Crippen LogP contribution in [0.15, 0.2) is 36.4 Å². The Labute approximate surface area is 148 Å². The number of para-hydroxylation sites is 1. The lowest BCUT2D eigenvalue weighted by atomic mass is 9.63. The van der Waals surface area contributed by atoms with Gasteiger partial charge in [0.15, 0.2) is 0 Å². The minimum absolute atomic E-state index is 0.110. The highest BCUT2D eigenvalue weighted by Crippen LogP contribution is 2.65. The fourth-order valence-corrected chi connectivity index (χ4v) is 5.22. The molecule has 6 rings (SSSR count). The molecular formula is C19H17F3N2O2. The molecule has 1 aromatic rings. The monoisotopic (exact) mass is 362 g/mol. The number of carbonyl (C=O) groups is 2. The van der Waals surface area contributed by atoms with Crippen LogP contribution in [0.3, 0.4) is 0 Å². The molecule has 5 aliphatic rings. The van der Waals surface area contributed by atoms with Crippen LogP contribution in [0.25, 0.3) is 0 Å². The Balaban J connectivity index is 1.37. The van der Waals surface area contributed by atoms with Crippen LogP contribution in [0.4, 0.5) is 18.9 Å². The van der Waals surface area contributed by atoms with Crippen molar-refractivity contribution in [2.24, 2.45) is 35.5 Å². The summed E-state index contributed by atoms with van der Waals surface area (Å²) in [6, 6.07) is 5.09. The molecule has 2 amide bonds. The third-order valence-corrected chi connectivity index (χ3v) is 6.41. The van der Waals surface area contributed by atoms with Gasteiger partial charge in [-0.3, -0.25) is 14.5 Å². The molecule has 3 fully saturated rings. The lowest BCUT2D eigenvalue weighted by Crippen LogP contribution is -2.40. The maximum atomic E-state index is 13.1. The Morgan fingerprint density at radius 2 is 1.58 bits per heavy atom. The number of allylic oxidation sites excluding steroid dienone is 2. The summed E-state index contributed by atoms with van der Waals surface area (Å²) in [5.74, 6) is 0.0618. The second kappa shape index (κ2) is 5.11. The fourth-order valence-electron chi connectivity index (χ4n) is 5.22. The highest BCUT2D eigenvalue weighted by Gasteiger charge is 2.66. The molecule has 0 radical (unpaired) electrons. The molecule has 0 aromatic heterocycles. The van der Waals surface area contributed by atoms with E-state index in [0.717, 1.165) is 17.4 Å². The van der Waals surface area contributed by atoms with Gasteiger partial charge in [-0.1, -0.05) is 24.3 Å². The maximum absolute atomic E-state index is 13.1. The molecule has 1 saturated heterocycles. The lowest BCUT2D eigenvalue weighted by molar-refractivity contribution is -0.139. The normalized spacial score (nSPS) is 37.0. The molecule has 7 heteroatoms. The van der Waals surface area contributed by atoms with Gasteiger partial charge in [0.2, 0.25) is 11.8 Å². The van der Waals surface area contributed by atoms with Crippen molar-refractivity contribution in [2.45, 2.75) is 12.6 Å². The summed E-state index contributed by atoms with van der Waals surface area (Å²) in [5.41, 5.74) is -0.932. The number of hydrogen-bond acceptors (Lipinski definition) is 3. The third-order valence-electron chi connectivity index (χ3n) is 6.41. The van der Waals surface area contributed by atoms with E-state index in [1.807, 2.05) is 0 Å². The zero-order valence-corrected chi connectivity index (χ0v) is 13.7. The number of alkyl halides is 3. The Hall–Kier alpha value is -2.31. The molecule has 136 valence electrons. The summed E-state index contributed by atoms with van der Waals surface area (Å²) < 4.78 is 39.3. The third kappa shape index (κ3) is 2.09. The number of nitrogens with one attached hydrogen (secondary N) is 1. The largest absolute Gasteiger partial charge is 0.418 e. The highest BCUT2D eigenvalue weighted by molar-refractivity contribution is 6.06. The zero-order chi connectivity index (χ0) is 18.2. The Morgan fingerprint density at radius 3 is 2.15 bits per heavy atom. The van der Waals surface area contributed by atoms with E-state index >= 15 is 0 Å². The molecule has 6 atom stereocenters. The van der Waals surface area contributed by atoms with Crippen LogP contribution in [0.2, 0.25) is 0 Å². The van der Waals surface area contributed by atoms with E-state index in [4.69, 9.17) is 0 Å². The number of amides is 2. The zero-order valence-electron chi connectivity index (χ0n) is 13.7. The molecule has 1 N–H and O–H groups in total. The van der Waals surface area contributed by atoms with Crippen LogP contribution in [-0.4, -0.2) is 23.4 Å². The number of carbonyl (C=O) groups excluding carboxylic acids is 2. The van der Waals surface area contributed by atoms with Crippen LogP contribution in [0, 0.1) is 35.5 Å². The average molecular weight is 362 g/mol. The minimum atomic E-state index is -4.50. The number of rotatable bonds is 3. The van der Waals surface area contributed by atoms with Crippen molar-refractivity contribution in [1.29, 1.82) is 0 Å². The van der Waals surface area contributed by atoms with E-state index in [0.29, 0.717) is 11.8 Å². The average Bonchev–Trinajstić information content (AvgIpc) is 3.38. The molecule has 1 heterocycles. The number of anilines is 1. The lowest BCUT2D eigenvalue weighted by Gasteiger charge is -2.37. The van der Waals surface area contributed by atoms with Gasteiger partial charge in [-0.25, -0.2) is 0 Å². The number of nitrogens with zero attached hydrogens (tertiary/aromatic N) is 1. The smallest absolute Gasteiger partial charge is 0.367 e. The number of likely N-dealkylation sites (tertiary alicyclic amines) is 1. The molecule has 1 aromatic carbocycles. The van der Waals surface area contributed by atoms with Crippen molar-refractivity contribution in [3.05, 3.63) is 42.0 Å². The van der Waals surface area contributed by atoms with Gasteiger partial charge in [-0.15, -0.1) is 0 Å². The van der Waals surface area contributed by atoms with E-state index in [1.54, 1.807) is 0 Å². The van der Waals surface area contributed by atoms with Crippen molar-refractivity contribution in [2.75, 3.05) is 12.0 Å². The standard InChI is InChI=1S/C19H17F3N2O2/c20-19(21,22)13-3-1-2-4-14(13)23-8-24-17(25)15-9-5-6-10(12-7-11(9)12)16(15)18(24)26/h1-6,9-12,15-16,23H,7-8H2/t9-,10-,11-,12+,15-,16+/m0/s1. The van der Waals surface area contributed by atoms with E-state index in [2.05, 4.69) is 17.5 Å². The molecule has 4 nitrogen and oxygen atoms in total. The van der Waals surface area contributed by atoms with Crippen molar-refractivity contribution in [3.63, 3.8) is 0 Å². The number of benzene rings is 1. The second-order valence-corrected chi connectivity index (χ2v) is 7.64. The van der Waals surface area contributed by atoms with Gasteiger partial charge >= 0.3 is 6.18 Å². The molecule has 1 aliphatic heterocycles. The first kappa shape index (κ1) is 15.9. The molecule has 4 aliphatic carbocycles. The number of halogens is 3. The summed E-state index contributed by atoms with van der Waals surface area (Å²) in [6.07, 6.45) is 0.718. The highest BCUT2D eigenvalue weighted by atomic mass is 19.4. The predicted octanol–water partition coefficient (Wildman–Crippen LogP) is 3.13. The maximum Gasteiger partial charge on any atom is 0.418 e. The van der Waals surface area contributed by atoms with Gasteiger partial charge in [0.1, 0.15) is 0 Å². The molecule has 0 unspecified atom stereocenters. The SMILES string of the molecule is O=C1[C@@H]2[C@H]3C=C[C@@H]([C@@H]4C[C@H]34)[C@@H]2C(=O)N1CNc1ccccc1C(F)(F)F. The number of imide groups is 1. The Kier molecular flexibility index (Phi) is 3.13. The first-order valence-electron chi connectivity index (χ1n) is 8.81. The minimum Gasteiger partial charge on any atom is -0.367 e. The Bertz CT molecular complexity index is 798. The van der Waals surface area contributed by atoms with Gasteiger partial charge in [0, 0.05) is 5.69 Å².